The number of carbonyl (C=O) groups is 2. The first kappa shape index (κ1) is 40.2. The van der Waals surface area contributed by atoms with Gasteiger partial charge in [0.15, 0.2) is 11.2 Å². The van der Waals surface area contributed by atoms with Crippen LogP contribution in [0.1, 0.15) is 149 Å². The van der Waals surface area contributed by atoms with Crippen LogP contribution in [-0.4, -0.2) is 50.7 Å². The number of aromatic amines is 1. The molecule has 2 heterocycles. The quantitative estimate of drug-likeness (QED) is 0.0631. The fourth-order valence-electron chi connectivity index (χ4n) is 5.73. The molecule has 2 rings (SSSR count). The topological polar surface area (TPSA) is 168 Å². The van der Waals surface area contributed by atoms with Gasteiger partial charge in [-0.3, -0.25) is 19.4 Å². The SMILES string of the molecule is CCCCCCCCCCCCCCCCCCCC(=O)OCC(CCn1cnc2c(=O)[nH]c(N)nc21)COC(=O)[C@@H](N)C(C)CC. The molecule has 0 fully saturated rings. The molecule has 2 aromatic heterocycles. The number of aryl methyl sites for hydroxylation is 1. The maximum absolute atomic E-state index is 12.5. The lowest BCUT2D eigenvalue weighted by atomic mass is 10.0. The Hall–Kier alpha value is -2.95. The minimum Gasteiger partial charge on any atom is -0.465 e. The van der Waals surface area contributed by atoms with Crippen molar-refractivity contribution in [2.75, 3.05) is 18.9 Å². The molecule has 0 amide bonds. The van der Waals surface area contributed by atoms with Crippen LogP contribution in [0.25, 0.3) is 11.2 Å². The second-order valence-electron chi connectivity index (χ2n) is 13.3. The van der Waals surface area contributed by atoms with Gasteiger partial charge in [-0.2, -0.15) is 4.98 Å². The van der Waals surface area contributed by atoms with Crippen molar-refractivity contribution in [1.29, 1.82) is 0 Å². The van der Waals surface area contributed by atoms with Gasteiger partial charge in [-0.1, -0.05) is 130 Å². The van der Waals surface area contributed by atoms with Crippen LogP contribution in [0.4, 0.5) is 5.95 Å². The fourth-order valence-corrected chi connectivity index (χ4v) is 5.73. The minimum atomic E-state index is -0.709. The average Bonchev–Trinajstić information content (AvgIpc) is 3.47. The average molecular weight is 661 g/mol. The molecule has 11 heteroatoms. The monoisotopic (exact) mass is 660 g/mol. The first-order valence-electron chi connectivity index (χ1n) is 18.5. The molecule has 0 aromatic carbocycles. The summed E-state index contributed by atoms with van der Waals surface area (Å²) in [6, 6.07) is -0.709. The van der Waals surface area contributed by atoms with E-state index in [9.17, 15) is 14.4 Å². The van der Waals surface area contributed by atoms with Crippen molar-refractivity contribution in [2.45, 2.75) is 162 Å². The maximum Gasteiger partial charge on any atom is 0.323 e. The van der Waals surface area contributed by atoms with Crippen LogP contribution in [-0.2, 0) is 25.6 Å². The number of nitrogen functional groups attached to an aromatic ring is 1. The van der Waals surface area contributed by atoms with Gasteiger partial charge < -0.3 is 25.5 Å². The Kier molecular flexibility index (Phi) is 20.7. The first-order valence-corrected chi connectivity index (χ1v) is 18.5. The van der Waals surface area contributed by atoms with E-state index in [0.29, 0.717) is 25.0 Å². The number of ether oxygens (including phenoxy) is 2. The molecule has 2 aromatic rings. The summed E-state index contributed by atoms with van der Waals surface area (Å²) in [5, 5.41) is 0. The van der Waals surface area contributed by atoms with Gasteiger partial charge in [0, 0.05) is 18.9 Å². The highest BCUT2D eigenvalue weighted by Gasteiger charge is 2.23. The van der Waals surface area contributed by atoms with E-state index in [4.69, 9.17) is 20.9 Å². The van der Waals surface area contributed by atoms with Crippen LogP contribution in [0.5, 0.6) is 0 Å². The van der Waals surface area contributed by atoms with E-state index in [-0.39, 0.29) is 42.5 Å². The second kappa shape index (κ2) is 24.2. The summed E-state index contributed by atoms with van der Waals surface area (Å²) in [4.78, 5) is 48.0. The van der Waals surface area contributed by atoms with E-state index < -0.39 is 17.6 Å². The number of anilines is 1. The highest BCUT2D eigenvalue weighted by molar-refractivity contribution is 5.75. The lowest BCUT2D eigenvalue weighted by Gasteiger charge is -2.21. The van der Waals surface area contributed by atoms with E-state index in [0.717, 1.165) is 25.7 Å². The van der Waals surface area contributed by atoms with Gasteiger partial charge in [-0.05, 0) is 18.8 Å². The summed E-state index contributed by atoms with van der Waals surface area (Å²) in [7, 11) is 0. The number of nitrogens with two attached hydrogens (primary N) is 2. The number of rotatable bonds is 28. The zero-order valence-electron chi connectivity index (χ0n) is 29.6. The molecule has 268 valence electrons. The molecular formula is C36H64N6O5. The van der Waals surface area contributed by atoms with Crippen LogP contribution in [0.2, 0.25) is 0 Å². The molecule has 0 radical (unpaired) electrons. The zero-order chi connectivity index (χ0) is 34.3. The molecule has 3 atom stereocenters. The number of carbonyl (C=O) groups excluding carboxylic acids is 2. The summed E-state index contributed by atoms with van der Waals surface area (Å²) in [6.07, 6.45) is 25.1. The summed E-state index contributed by atoms with van der Waals surface area (Å²) >= 11 is 0. The zero-order valence-corrected chi connectivity index (χ0v) is 29.6. The van der Waals surface area contributed by atoms with Crippen molar-refractivity contribution in [2.24, 2.45) is 17.6 Å². The largest absolute Gasteiger partial charge is 0.465 e. The van der Waals surface area contributed by atoms with E-state index in [1.807, 2.05) is 13.8 Å². The van der Waals surface area contributed by atoms with Gasteiger partial charge in [-0.25, -0.2) is 4.98 Å². The molecule has 2 unspecified atom stereocenters. The van der Waals surface area contributed by atoms with Crippen molar-refractivity contribution in [3.05, 3.63) is 16.7 Å². The maximum atomic E-state index is 12.5. The molecule has 5 N–H and O–H groups in total. The molecule has 11 nitrogen and oxygen atoms in total. The Morgan fingerprint density at radius 2 is 1.38 bits per heavy atom. The Morgan fingerprint density at radius 1 is 0.851 bits per heavy atom. The predicted molar refractivity (Wildman–Crippen MR) is 189 cm³/mol. The standard InChI is InChI=1S/C36H64N6O5/c1-4-6-7-8-9-10-11-12-13-14-15-16-17-18-19-20-21-22-30(43)46-25-29(26-47-35(45)31(37)28(3)5-2)23-24-42-27-39-32-33(42)40-36(38)41-34(32)44/h27-29,31H,4-26,37H2,1-3H3,(H3,38,40,41,44)/t28?,29?,31-/m0/s1. The summed E-state index contributed by atoms with van der Waals surface area (Å²) in [5.74, 6) is -0.970. The number of aromatic nitrogens is 4. The third-order valence-electron chi connectivity index (χ3n) is 9.23. The summed E-state index contributed by atoms with van der Waals surface area (Å²) in [6.45, 7) is 6.76. The van der Waals surface area contributed by atoms with Crippen molar-refractivity contribution in [3.63, 3.8) is 0 Å². The Labute approximate surface area is 282 Å². The third kappa shape index (κ3) is 16.6. The fraction of sp³-hybridized carbons (Fsp3) is 0.806. The second-order valence-corrected chi connectivity index (χ2v) is 13.3. The molecule has 0 saturated heterocycles. The van der Waals surface area contributed by atoms with Crippen LogP contribution in [0.15, 0.2) is 11.1 Å². The summed E-state index contributed by atoms with van der Waals surface area (Å²) < 4.78 is 12.9. The molecule has 0 aliphatic heterocycles. The van der Waals surface area contributed by atoms with Crippen molar-refractivity contribution in [3.8, 4) is 0 Å². The molecular weight excluding hydrogens is 596 g/mol. The summed E-state index contributed by atoms with van der Waals surface area (Å²) in [5.41, 5.74) is 11.9. The first-order chi connectivity index (χ1) is 22.8. The van der Waals surface area contributed by atoms with Gasteiger partial charge in [-0.15, -0.1) is 0 Å². The Morgan fingerprint density at radius 3 is 1.94 bits per heavy atom. The third-order valence-corrected chi connectivity index (χ3v) is 9.23. The molecule has 0 aliphatic rings. The van der Waals surface area contributed by atoms with Crippen molar-refractivity contribution >= 4 is 29.1 Å². The Bertz CT molecular complexity index is 1200. The van der Waals surface area contributed by atoms with Gasteiger partial charge in [0.25, 0.3) is 5.56 Å². The number of unbranched alkanes of at least 4 members (excludes halogenated alkanes) is 16. The highest BCUT2D eigenvalue weighted by Crippen LogP contribution is 2.16. The van der Waals surface area contributed by atoms with Crippen molar-refractivity contribution in [1.82, 2.24) is 19.5 Å². The minimum absolute atomic E-state index is 0.00439. The number of imidazole rings is 1. The number of H-pyrrole nitrogens is 1. The highest BCUT2D eigenvalue weighted by atomic mass is 16.5. The predicted octanol–water partition coefficient (Wildman–Crippen LogP) is 7.21. The Balaban J connectivity index is 1.64. The van der Waals surface area contributed by atoms with Gasteiger partial charge in [0.1, 0.15) is 6.04 Å². The van der Waals surface area contributed by atoms with Gasteiger partial charge in [0.2, 0.25) is 5.95 Å². The van der Waals surface area contributed by atoms with Crippen molar-refractivity contribution < 1.29 is 19.1 Å². The van der Waals surface area contributed by atoms with E-state index in [2.05, 4.69) is 21.9 Å². The number of esters is 2. The van der Waals surface area contributed by atoms with Crippen LogP contribution in [0.3, 0.4) is 0 Å². The molecule has 0 spiro atoms. The van der Waals surface area contributed by atoms with E-state index >= 15 is 0 Å². The number of nitrogens with zero attached hydrogens (tertiary/aromatic N) is 3. The van der Waals surface area contributed by atoms with E-state index in [1.165, 1.54) is 96.2 Å². The molecule has 0 saturated carbocycles. The number of fused-ring (bicyclic) bond motifs is 1. The van der Waals surface area contributed by atoms with E-state index in [1.54, 1.807) is 4.57 Å². The normalized spacial score (nSPS) is 13.4. The van der Waals surface area contributed by atoms with Crippen LogP contribution < -0.4 is 17.0 Å². The molecule has 0 aliphatic carbocycles. The number of hydrogen-bond donors (Lipinski definition) is 3. The number of nitrogens with one attached hydrogen (secondary N) is 1. The van der Waals surface area contributed by atoms with Crippen LogP contribution >= 0.6 is 0 Å². The van der Waals surface area contributed by atoms with Crippen LogP contribution in [0, 0.1) is 11.8 Å². The molecule has 0 bridgehead atoms. The van der Waals surface area contributed by atoms with Gasteiger partial charge in [0.05, 0.1) is 19.5 Å². The lowest BCUT2D eigenvalue weighted by Crippen LogP contribution is -2.39. The molecule has 47 heavy (non-hydrogen) atoms. The number of hydrogen-bond acceptors (Lipinski definition) is 9. The lowest BCUT2D eigenvalue weighted by molar-refractivity contribution is -0.151. The smallest absolute Gasteiger partial charge is 0.323 e. The van der Waals surface area contributed by atoms with Gasteiger partial charge >= 0.3 is 11.9 Å².